The third kappa shape index (κ3) is 6.41. The van der Waals surface area contributed by atoms with Gasteiger partial charge in [-0.15, -0.1) is 0 Å². The molecule has 1 heterocycles. The highest BCUT2D eigenvalue weighted by molar-refractivity contribution is 8.18. The van der Waals surface area contributed by atoms with Crippen LogP contribution in [0.15, 0.2) is 65.6 Å². The van der Waals surface area contributed by atoms with E-state index in [9.17, 15) is 18.8 Å². The molecule has 1 aliphatic rings. The van der Waals surface area contributed by atoms with Gasteiger partial charge in [0.1, 0.15) is 19.0 Å². The first-order chi connectivity index (χ1) is 18.2. The van der Waals surface area contributed by atoms with Crippen molar-refractivity contribution >= 4 is 40.6 Å². The highest BCUT2D eigenvalue weighted by atomic mass is 32.2. The van der Waals surface area contributed by atoms with Gasteiger partial charge >= 0.3 is 0 Å². The summed E-state index contributed by atoms with van der Waals surface area (Å²) in [6, 6.07) is 17.0. The molecule has 196 valence electrons. The summed E-state index contributed by atoms with van der Waals surface area (Å²) in [6.45, 7) is 5.65. The third-order valence-corrected chi connectivity index (χ3v) is 6.65. The fraction of sp³-hybridized carbons (Fsp3) is 0.207. The summed E-state index contributed by atoms with van der Waals surface area (Å²) >= 11 is 0.767. The number of thioether (sulfide) groups is 1. The van der Waals surface area contributed by atoms with Crippen molar-refractivity contribution in [2.45, 2.75) is 27.4 Å². The lowest BCUT2D eigenvalue weighted by molar-refractivity contribution is -0.127. The van der Waals surface area contributed by atoms with Crippen LogP contribution in [0.5, 0.6) is 11.5 Å². The predicted octanol–water partition coefficient (Wildman–Crippen LogP) is 6.10. The number of carbonyl (C=O) groups excluding carboxylic acids is 3. The number of hydrogen-bond donors (Lipinski definition) is 1. The number of aryl methyl sites for hydroxylation is 2. The Morgan fingerprint density at radius 1 is 1.03 bits per heavy atom. The Kier molecular flexibility index (Phi) is 8.48. The SMILES string of the molecule is CCOc1cc(/C=C2/SC(=O)N(CC(=O)Nc3ccc(C)cc3C)C2=O)ccc1OCc1ccccc1F. The van der Waals surface area contributed by atoms with E-state index in [0.717, 1.165) is 27.8 Å². The van der Waals surface area contributed by atoms with Gasteiger partial charge in [-0.05, 0) is 74.0 Å². The zero-order chi connectivity index (χ0) is 27.2. The summed E-state index contributed by atoms with van der Waals surface area (Å²) in [5, 5.41) is 2.24. The van der Waals surface area contributed by atoms with Crippen LogP contribution in [-0.4, -0.2) is 35.1 Å². The van der Waals surface area contributed by atoms with Gasteiger partial charge in [0.05, 0.1) is 11.5 Å². The zero-order valence-electron chi connectivity index (χ0n) is 21.2. The van der Waals surface area contributed by atoms with Crippen LogP contribution in [0.4, 0.5) is 14.9 Å². The number of rotatable bonds is 9. The van der Waals surface area contributed by atoms with Crippen LogP contribution in [0.1, 0.15) is 29.2 Å². The number of carbonyl (C=O) groups is 3. The van der Waals surface area contributed by atoms with Gasteiger partial charge in [-0.25, -0.2) is 4.39 Å². The Balaban J connectivity index is 1.45. The second-order valence-electron chi connectivity index (χ2n) is 8.65. The number of benzene rings is 3. The normalized spacial score (nSPS) is 14.2. The molecule has 3 aromatic carbocycles. The maximum atomic E-state index is 13.9. The van der Waals surface area contributed by atoms with Crippen LogP contribution in [0.2, 0.25) is 0 Å². The number of amides is 3. The molecule has 1 aliphatic heterocycles. The molecule has 1 N–H and O–H groups in total. The first kappa shape index (κ1) is 26.9. The number of halogens is 1. The van der Waals surface area contributed by atoms with E-state index >= 15 is 0 Å². The highest BCUT2D eigenvalue weighted by Crippen LogP contribution is 2.35. The summed E-state index contributed by atoms with van der Waals surface area (Å²) in [5.74, 6) is -0.530. The lowest BCUT2D eigenvalue weighted by Crippen LogP contribution is -2.36. The minimum Gasteiger partial charge on any atom is -0.490 e. The molecule has 38 heavy (non-hydrogen) atoms. The molecule has 0 aliphatic carbocycles. The molecule has 0 saturated carbocycles. The highest BCUT2D eigenvalue weighted by Gasteiger charge is 2.36. The molecule has 9 heteroatoms. The number of nitrogens with zero attached hydrogens (tertiary/aromatic N) is 1. The first-order valence-corrected chi connectivity index (χ1v) is 12.8. The maximum Gasteiger partial charge on any atom is 0.294 e. The Morgan fingerprint density at radius 2 is 1.82 bits per heavy atom. The van der Waals surface area contributed by atoms with Crippen LogP contribution in [0.3, 0.4) is 0 Å². The summed E-state index contributed by atoms with van der Waals surface area (Å²) in [4.78, 5) is 39.1. The van der Waals surface area contributed by atoms with Crippen molar-refractivity contribution < 1.29 is 28.2 Å². The zero-order valence-corrected chi connectivity index (χ0v) is 22.1. The molecule has 0 atom stereocenters. The van der Waals surface area contributed by atoms with Gasteiger partial charge < -0.3 is 14.8 Å². The van der Waals surface area contributed by atoms with Crippen molar-refractivity contribution in [2.75, 3.05) is 18.5 Å². The number of anilines is 1. The van der Waals surface area contributed by atoms with Gasteiger partial charge in [0.15, 0.2) is 11.5 Å². The Morgan fingerprint density at radius 3 is 2.55 bits per heavy atom. The Labute approximate surface area is 224 Å². The van der Waals surface area contributed by atoms with Crippen LogP contribution in [-0.2, 0) is 16.2 Å². The molecule has 0 spiro atoms. The summed E-state index contributed by atoms with van der Waals surface area (Å²) in [5.41, 5.74) is 3.60. The molecule has 3 aromatic rings. The Bertz CT molecular complexity index is 1420. The monoisotopic (exact) mass is 534 g/mol. The number of hydrogen-bond acceptors (Lipinski definition) is 6. The van der Waals surface area contributed by atoms with E-state index in [1.165, 1.54) is 6.07 Å². The summed E-state index contributed by atoms with van der Waals surface area (Å²) in [7, 11) is 0. The quantitative estimate of drug-likeness (QED) is 0.334. The molecule has 0 radical (unpaired) electrons. The van der Waals surface area contributed by atoms with Crippen LogP contribution in [0, 0.1) is 19.7 Å². The molecule has 0 aromatic heterocycles. The largest absolute Gasteiger partial charge is 0.490 e. The van der Waals surface area contributed by atoms with Gasteiger partial charge in [0.25, 0.3) is 11.1 Å². The molecule has 0 bridgehead atoms. The molecular weight excluding hydrogens is 507 g/mol. The van der Waals surface area contributed by atoms with E-state index in [4.69, 9.17) is 9.47 Å². The lowest BCUT2D eigenvalue weighted by atomic mass is 10.1. The second-order valence-corrected chi connectivity index (χ2v) is 9.65. The van der Waals surface area contributed by atoms with Crippen molar-refractivity contribution in [3.05, 3.63) is 93.6 Å². The van der Waals surface area contributed by atoms with Crippen LogP contribution in [0.25, 0.3) is 6.08 Å². The Hall–Kier alpha value is -4.11. The van der Waals surface area contributed by atoms with Crippen molar-refractivity contribution in [3.8, 4) is 11.5 Å². The first-order valence-electron chi connectivity index (χ1n) is 12.0. The van der Waals surface area contributed by atoms with Gasteiger partial charge in [-0.2, -0.15) is 0 Å². The van der Waals surface area contributed by atoms with Crippen LogP contribution < -0.4 is 14.8 Å². The van der Waals surface area contributed by atoms with E-state index in [-0.39, 0.29) is 23.9 Å². The van der Waals surface area contributed by atoms with Crippen molar-refractivity contribution in [2.24, 2.45) is 0 Å². The second kappa shape index (κ2) is 12.0. The smallest absolute Gasteiger partial charge is 0.294 e. The lowest BCUT2D eigenvalue weighted by Gasteiger charge is -2.14. The maximum absolute atomic E-state index is 13.9. The van der Waals surface area contributed by atoms with E-state index in [0.29, 0.717) is 34.9 Å². The molecule has 0 unspecified atom stereocenters. The van der Waals surface area contributed by atoms with Crippen LogP contribution >= 0.6 is 11.8 Å². The van der Waals surface area contributed by atoms with E-state index < -0.39 is 17.1 Å². The summed E-state index contributed by atoms with van der Waals surface area (Å²) < 4.78 is 25.4. The fourth-order valence-corrected chi connectivity index (χ4v) is 4.69. The number of ether oxygens (including phenoxy) is 2. The molecule has 1 saturated heterocycles. The van der Waals surface area contributed by atoms with Crippen molar-refractivity contribution in [1.29, 1.82) is 0 Å². The number of nitrogens with one attached hydrogen (secondary N) is 1. The average molecular weight is 535 g/mol. The van der Waals surface area contributed by atoms with Gasteiger partial charge in [0.2, 0.25) is 5.91 Å². The predicted molar refractivity (Wildman–Crippen MR) is 146 cm³/mol. The summed E-state index contributed by atoms with van der Waals surface area (Å²) in [6.07, 6.45) is 1.57. The topological polar surface area (TPSA) is 84.9 Å². The van der Waals surface area contributed by atoms with E-state index in [1.54, 1.807) is 48.5 Å². The molecular formula is C29H27FN2O5S. The minimum absolute atomic E-state index is 0.0230. The molecule has 3 amide bonds. The van der Waals surface area contributed by atoms with Gasteiger partial charge in [0, 0.05) is 11.3 Å². The number of imide groups is 1. The average Bonchev–Trinajstić information content (AvgIpc) is 3.13. The molecule has 7 nitrogen and oxygen atoms in total. The van der Waals surface area contributed by atoms with Crippen molar-refractivity contribution in [1.82, 2.24) is 4.90 Å². The molecule has 4 rings (SSSR count). The standard InChI is InChI=1S/C29H27FN2O5S/c1-4-36-25-14-20(10-12-24(25)37-17-21-7-5-6-8-22(21)30)15-26-28(34)32(29(35)38-26)16-27(33)31-23-11-9-18(2)13-19(23)3/h5-15H,4,16-17H2,1-3H3,(H,31,33)/b26-15+. The third-order valence-electron chi connectivity index (χ3n) is 5.74. The minimum atomic E-state index is -0.548. The van der Waals surface area contributed by atoms with E-state index in [1.807, 2.05) is 32.9 Å². The molecule has 1 fully saturated rings. The van der Waals surface area contributed by atoms with Gasteiger partial charge in [-0.1, -0.05) is 42.0 Å². The van der Waals surface area contributed by atoms with Gasteiger partial charge in [-0.3, -0.25) is 19.3 Å². The van der Waals surface area contributed by atoms with Crippen molar-refractivity contribution in [3.63, 3.8) is 0 Å². The van der Waals surface area contributed by atoms with E-state index in [2.05, 4.69) is 5.32 Å². The fourth-order valence-electron chi connectivity index (χ4n) is 3.85.